The van der Waals surface area contributed by atoms with Crippen LogP contribution >= 0.6 is 39.3 Å². The highest BCUT2D eigenvalue weighted by molar-refractivity contribution is 9.10. The van der Waals surface area contributed by atoms with Crippen molar-refractivity contribution < 1.29 is 9.84 Å². The fraction of sp³-hybridized carbons (Fsp3) is 0.500. The molecule has 3 heterocycles. The van der Waals surface area contributed by atoms with Gasteiger partial charge >= 0.3 is 5.69 Å². The third-order valence-corrected chi connectivity index (χ3v) is 7.63. The Labute approximate surface area is 166 Å². The molecule has 2 bridgehead atoms. The molecule has 2 aliphatic heterocycles. The van der Waals surface area contributed by atoms with Crippen molar-refractivity contribution in [2.45, 2.75) is 29.6 Å². The maximum Gasteiger partial charge on any atom is 0.326 e. The molecule has 140 valence electrons. The number of nitrogens with zero attached hydrogens (tertiary/aromatic N) is 1. The Hall–Kier alpha value is -0.840. The predicted octanol–water partition coefficient (Wildman–Crippen LogP) is 1.56. The number of H-pyrrole nitrogens is 2. The van der Waals surface area contributed by atoms with Crippen molar-refractivity contribution >= 4 is 50.2 Å². The van der Waals surface area contributed by atoms with E-state index in [1.807, 2.05) is 0 Å². The summed E-state index contributed by atoms with van der Waals surface area (Å²) in [6, 6.07) is 1.91. The van der Waals surface area contributed by atoms with Crippen LogP contribution in [0.3, 0.4) is 0 Å². The first-order valence-electron chi connectivity index (χ1n) is 8.23. The van der Waals surface area contributed by atoms with Crippen molar-refractivity contribution in [2.75, 3.05) is 25.4 Å². The van der Waals surface area contributed by atoms with Gasteiger partial charge in [0.2, 0.25) is 0 Å². The number of aliphatic hydroxyl groups is 1. The molecule has 7 nitrogen and oxygen atoms in total. The summed E-state index contributed by atoms with van der Waals surface area (Å²) >= 11 is 11.0. The number of hydrogen-bond acceptors (Lipinski definition) is 6. The molecule has 1 aromatic heterocycles. The maximum atomic E-state index is 12.0. The van der Waals surface area contributed by atoms with E-state index in [1.165, 1.54) is 17.8 Å². The van der Waals surface area contributed by atoms with Gasteiger partial charge in [-0.2, -0.15) is 0 Å². The second-order valence-electron chi connectivity index (χ2n) is 6.60. The summed E-state index contributed by atoms with van der Waals surface area (Å²) in [6.07, 6.45) is 0.783. The molecule has 3 atom stereocenters. The Morgan fingerprint density at radius 1 is 1.46 bits per heavy atom. The molecule has 0 spiro atoms. The van der Waals surface area contributed by atoms with E-state index < -0.39 is 17.4 Å². The zero-order chi connectivity index (χ0) is 18.4. The van der Waals surface area contributed by atoms with E-state index in [9.17, 15) is 14.7 Å². The van der Waals surface area contributed by atoms with E-state index in [4.69, 9.17) is 16.3 Å². The second kappa shape index (κ2) is 7.29. The summed E-state index contributed by atoms with van der Waals surface area (Å²) in [7, 11) is 0. The smallest absolute Gasteiger partial charge is 0.326 e. The molecule has 4 rings (SSSR count). The van der Waals surface area contributed by atoms with Crippen LogP contribution in [0.5, 0.6) is 0 Å². The van der Waals surface area contributed by atoms with Crippen LogP contribution in [0.25, 0.3) is 10.9 Å². The van der Waals surface area contributed by atoms with E-state index in [-0.39, 0.29) is 0 Å². The fourth-order valence-electron chi connectivity index (χ4n) is 3.56. The van der Waals surface area contributed by atoms with Gasteiger partial charge in [-0.05, 0) is 28.4 Å². The summed E-state index contributed by atoms with van der Waals surface area (Å²) < 4.78 is 6.17. The number of β-amino-alcohol motifs (C(OH)–C–C–N with tert-alkyl or cyclic N) is 1. The average Bonchev–Trinajstić information content (AvgIpc) is 3.19. The van der Waals surface area contributed by atoms with Gasteiger partial charge in [-0.3, -0.25) is 14.7 Å². The van der Waals surface area contributed by atoms with Crippen LogP contribution < -0.4 is 11.2 Å². The summed E-state index contributed by atoms with van der Waals surface area (Å²) in [4.78, 5) is 31.4. The minimum Gasteiger partial charge on any atom is -0.391 e. The fourth-order valence-corrected chi connectivity index (χ4v) is 5.48. The highest BCUT2D eigenvalue weighted by atomic mass is 79.9. The van der Waals surface area contributed by atoms with Crippen molar-refractivity contribution in [3.8, 4) is 0 Å². The summed E-state index contributed by atoms with van der Waals surface area (Å²) in [5.74, 6) is 0.414. The summed E-state index contributed by atoms with van der Waals surface area (Å²) in [5, 5.41) is 11.1. The molecule has 2 aliphatic rings. The molecule has 0 saturated carbocycles. The van der Waals surface area contributed by atoms with Crippen molar-refractivity contribution in [1.82, 2.24) is 14.9 Å². The lowest BCUT2D eigenvalue weighted by atomic mass is 10.2. The number of hydrogen-bond donors (Lipinski definition) is 3. The average molecular weight is 463 g/mol. The standard InChI is InChI=1S/C16H17BrClN3O4S/c17-12-11(18)2-10-13(19-16(24)20-15(10)23)14(12)26-6-8(22)3-21-4-9-1-7(21)5-25-9/h2,7-9,22H,1,3-6H2,(H2,19,20,23,24)/t7-,8?,9-/m0/s1. The molecule has 2 saturated heterocycles. The van der Waals surface area contributed by atoms with E-state index in [1.54, 1.807) is 0 Å². The number of aliphatic hydroxyl groups excluding tert-OH is 1. The van der Waals surface area contributed by atoms with E-state index in [0.717, 1.165) is 19.6 Å². The number of likely N-dealkylation sites (tertiary alicyclic amines) is 1. The van der Waals surface area contributed by atoms with Gasteiger partial charge in [0.05, 0.1) is 39.2 Å². The summed E-state index contributed by atoms with van der Waals surface area (Å²) in [6.45, 7) is 2.17. The third kappa shape index (κ3) is 3.48. The van der Waals surface area contributed by atoms with Crippen molar-refractivity contribution in [2.24, 2.45) is 0 Å². The van der Waals surface area contributed by atoms with E-state index >= 15 is 0 Å². The van der Waals surface area contributed by atoms with Crippen molar-refractivity contribution in [3.63, 3.8) is 0 Å². The SMILES string of the molecule is O=c1[nH]c(=O)c2cc(Cl)c(Br)c(SCC(O)CN3C[C@@H]4C[C@H]3CO4)c2[nH]1. The first-order valence-corrected chi connectivity index (χ1v) is 10.4. The number of aromatic amines is 2. The molecule has 1 aromatic carbocycles. The quantitative estimate of drug-likeness (QED) is 0.583. The molecule has 2 fully saturated rings. The molecule has 1 unspecified atom stereocenters. The van der Waals surface area contributed by atoms with Crippen LogP contribution in [-0.2, 0) is 4.74 Å². The molecule has 0 aliphatic carbocycles. The van der Waals surface area contributed by atoms with Gasteiger partial charge in [-0.15, -0.1) is 11.8 Å². The van der Waals surface area contributed by atoms with Crippen LogP contribution in [0.2, 0.25) is 5.02 Å². The summed E-state index contributed by atoms with van der Waals surface area (Å²) in [5.41, 5.74) is -0.651. The molecule has 3 N–H and O–H groups in total. The van der Waals surface area contributed by atoms with Crippen molar-refractivity contribution in [1.29, 1.82) is 0 Å². The van der Waals surface area contributed by atoms with Gasteiger partial charge in [0.15, 0.2) is 0 Å². The van der Waals surface area contributed by atoms with Gasteiger partial charge in [0.25, 0.3) is 5.56 Å². The van der Waals surface area contributed by atoms with Crippen molar-refractivity contribution in [3.05, 3.63) is 36.4 Å². The number of morpholine rings is 1. The lowest BCUT2D eigenvalue weighted by molar-refractivity contribution is 0.0139. The minimum absolute atomic E-state index is 0.294. The number of aromatic nitrogens is 2. The first-order chi connectivity index (χ1) is 12.4. The second-order valence-corrected chi connectivity index (χ2v) is 8.83. The predicted molar refractivity (Wildman–Crippen MR) is 104 cm³/mol. The molecule has 0 amide bonds. The Morgan fingerprint density at radius 3 is 2.96 bits per heavy atom. The molecule has 10 heteroatoms. The van der Waals surface area contributed by atoms with Gasteiger partial charge in [-0.1, -0.05) is 11.6 Å². The number of nitrogens with one attached hydrogen (secondary N) is 2. The molecule has 2 aromatic rings. The molecule has 26 heavy (non-hydrogen) atoms. The molecule has 0 radical (unpaired) electrons. The van der Waals surface area contributed by atoms with Gasteiger partial charge in [0.1, 0.15) is 0 Å². The van der Waals surface area contributed by atoms with Crippen LogP contribution in [0, 0.1) is 0 Å². The molecular weight excluding hydrogens is 446 g/mol. The number of ether oxygens (including phenoxy) is 1. The number of thioether (sulfide) groups is 1. The largest absolute Gasteiger partial charge is 0.391 e. The zero-order valence-corrected chi connectivity index (χ0v) is 16.8. The van der Waals surface area contributed by atoms with Crippen LogP contribution in [0.1, 0.15) is 6.42 Å². The van der Waals surface area contributed by atoms with Crippen LogP contribution in [0.4, 0.5) is 0 Å². The Bertz CT molecular complexity index is 965. The maximum absolute atomic E-state index is 12.0. The lowest BCUT2D eigenvalue weighted by Crippen LogP contribution is -2.42. The number of rotatable bonds is 5. The van der Waals surface area contributed by atoms with Gasteiger partial charge in [0, 0.05) is 29.8 Å². The Kier molecular flexibility index (Phi) is 5.19. The minimum atomic E-state index is -0.577. The van der Waals surface area contributed by atoms with Gasteiger partial charge < -0.3 is 14.8 Å². The highest BCUT2D eigenvalue weighted by Gasteiger charge is 2.39. The zero-order valence-electron chi connectivity index (χ0n) is 13.6. The molecular formula is C16H17BrClN3O4S. The van der Waals surface area contributed by atoms with Crippen LogP contribution in [0.15, 0.2) is 25.0 Å². The number of fused-ring (bicyclic) bond motifs is 3. The lowest BCUT2D eigenvalue weighted by Gasteiger charge is -2.28. The number of halogens is 2. The van der Waals surface area contributed by atoms with Crippen LogP contribution in [-0.4, -0.2) is 63.7 Å². The van der Waals surface area contributed by atoms with E-state index in [0.29, 0.717) is 49.7 Å². The normalized spacial score (nSPS) is 23.8. The van der Waals surface area contributed by atoms with Gasteiger partial charge in [-0.25, -0.2) is 4.79 Å². The topological polar surface area (TPSA) is 98.4 Å². The Balaban J connectivity index is 1.54. The number of benzene rings is 1. The van der Waals surface area contributed by atoms with E-state index in [2.05, 4.69) is 30.8 Å². The highest BCUT2D eigenvalue weighted by Crippen LogP contribution is 2.38. The third-order valence-electron chi connectivity index (χ3n) is 4.77. The Morgan fingerprint density at radius 2 is 2.27 bits per heavy atom. The first kappa shape index (κ1) is 18.5. The monoisotopic (exact) mass is 461 g/mol.